The minimum atomic E-state index is -0.564. The van der Waals surface area contributed by atoms with Crippen molar-refractivity contribution in [2.75, 3.05) is 32.6 Å². The van der Waals surface area contributed by atoms with Gasteiger partial charge in [0.05, 0.1) is 13.2 Å². The third-order valence-electron chi connectivity index (χ3n) is 3.39. The van der Waals surface area contributed by atoms with Crippen LogP contribution in [-0.4, -0.2) is 43.2 Å². The first kappa shape index (κ1) is 13.6. The Labute approximate surface area is 113 Å². The number of ether oxygens (including phenoxy) is 1. The second kappa shape index (κ2) is 5.87. The fourth-order valence-corrected chi connectivity index (χ4v) is 3.64. The van der Waals surface area contributed by atoms with E-state index in [1.807, 2.05) is 36.6 Å². The van der Waals surface area contributed by atoms with Crippen molar-refractivity contribution in [2.24, 2.45) is 0 Å². The molecule has 1 aromatic rings. The second-order valence-corrected chi connectivity index (χ2v) is 5.37. The van der Waals surface area contributed by atoms with Crippen LogP contribution in [0.2, 0.25) is 0 Å². The Morgan fingerprint density at radius 3 is 2.39 bits per heavy atom. The average molecular weight is 265 g/mol. The summed E-state index contributed by atoms with van der Waals surface area (Å²) in [5, 5.41) is 0. The van der Waals surface area contributed by atoms with E-state index in [4.69, 9.17) is 4.74 Å². The Morgan fingerprint density at radius 2 is 1.89 bits per heavy atom. The summed E-state index contributed by atoms with van der Waals surface area (Å²) in [5.41, 5.74) is 1.06. The van der Waals surface area contributed by atoms with Crippen LogP contribution in [0.5, 0.6) is 0 Å². The van der Waals surface area contributed by atoms with Crippen molar-refractivity contribution < 1.29 is 9.53 Å². The van der Waals surface area contributed by atoms with E-state index in [2.05, 4.69) is 4.90 Å². The number of thioether (sulfide) groups is 1. The van der Waals surface area contributed by atoms with E-state index in [1.165, 1.54) is 0 Å². The highest BCUT2D eigenvalue weighted by atomic mass is 32.2. The molecule has 1 fully saturated rings. The molecule has 0 aromatic heterocycles. The molecule has 1 saturated heterocycles. The molecule has 0 radical (unpaired) electrons. The van der Waals surface area contributed by atoms with Crippen molar-refractivity contribution in [3.63, 3.8) is 0 Å². The van der Waals surface area contributed by atoms with Gasteiger partial charge in [-0.2, -0.15) is 0 Å². The molecule has 0 saturated carbocycles. The third kappa shape index (κ3) is 2.32. The summed E-state index contributed by atoms with van der Waals surface area (Å²) in [5.74, 6) is 0.183. The Kier molecular flexibility index (Phi) is 4.43. The molecular weight excluding hydrogens is 246 g/mol. The summed E-state index contributed by atoms with van der Waals surface area (Å²) in [6.45, 7) is 4.68. The Balaban J connectivity index is 2.42. The fourth-order valence-electron chi connectivity index (χ4n) is 2.54. The van der Waals surface area contributed by atoms with Gasteiger partial charge in [0.15, 0.2) is 10.7 Å². The normalized spacial score (nSPS) is 20.3. The van der Waals surface area contributed by atoms with Crippen LogP contribution in [0.15, 0.2) is 30.3 Å². The van der Waals surface area contributed by atoms with Gasteiger partial charge in [0.25, 0.3) is 0 Å². The van der Waals surface area contributed by atoms with E-state index in [1.54, 1.807) is 18.7 Å². The summed E-state index contributed by atoms with van der Waals surface area (Å²) in [6.07, 6.45) is 2.00. The molecule has 1 aliphatic heterocycles. The standard InChI is InChI=1S/C14H19NO2S/c1-12(16)14(18-2,13-6-4-3-5-7-13)15-8-10-17-11-9-15/h3-7H,8-11H2,1-2H3. The molecule has 1 atom stereocenters. The molecule has 4 heteroatoms. The minimum Gasteiger partial charge on any atom is -0.379 e. The van der Waals surface area contributed by atoms with Gasteiger partial charge >= 0.3 is 0 Å². The van der Waals surface area contributed by atoms with Gasteiger partial charge in [0.1, 0.15) is 0 Å². The summed E-state index contributed by atoms with van der Waals surface area (Å²) < 4.78 is 5.39. The lowest BCUT2D eigenvalue weighted by molar-refractivity contribution is -0.126. The smallest absolute Gasteiger partial charge is 0.164 e. The summed E-state index contributed by atoms with van der Waals surface area (Å²) >= 11 is 1.61. The Morgan fingerprint density at radius 1 is 1.28 bits per heavy atom. The van der Waals surface area contributed by atoms with Crippen LogP contribution in [0, 0.1) is 0 Å². The number of carbonyl (C=O) groups is 1. The zero-order valence-electron chi connectivity index (χ0n) is 10.9. The number of Topliss-reactive ketones (excluding diaryl/α,β-unsaturated/α-hetero) is 1. The van der Waals surface area contributed by atoms with Gasteiger partial charge in [-0.15, -0.1) is 11.8 Å². The SMILES string of the molecule is CSC(C(C)=O)(c1ccccc1)N1CCOCC1. The van der Waals surface area contributed by atoms with Crippen molar-refractivity contribution >= 4 is 17.5 Å². The first-order valence-electron chi connectivity index (χ1n) is 6.16. The van der Waals surface area contributed by atoms with Crippen molar-refractivity contribution in [2.45, 2.75) is 11.8 Å². The summed E-state index contributed by atoms with van der Waals surface area (Å²) in [4.78, 5) is 14.0. The third-order valence-corrected chi connectivity index (χ3v) is 4.77. The van der Waals surface area contributed by atoms with Gasteiger partial charge in [-0.05, 0) is 18.7 Å². The quantitative estimate of drug-likeness (QED) is 0.834. The highest BCUT2D eigenvalue weighted by molar-refractivity contribution is 8.00. The largest absolute Gasteiger partial charge is 0.379 e. The second-order valence-electron chi connectivity index (χ2n) is 4.37. The molecule has 18 heavy (non-hydrogen) atoms. The molecular formula is C14H19NO2S. The van der Waals surface area contributed by atoms with Gasteiger partial charge in [0, 0.05) is 13.1 Å². The zero-order chi connectivity index (χ0) is 13.0. The van der Waals surface area contributed by atoms with Crippen LogP contribution in [0.1, 0.15) is 12.5 Å². The fraction of sp³-hybridized carbons (Fsp3) is 0.500. The molecule has 0 aliphatic carbocycles. The molecule has 0 bridgehead atoms. The molecule has 0 amide bonds. The van der Waals surface area contributed by atoms with E-state index in [-0.39, 0.29) is 5.78 Å². The summed E-state index contributed by atoms with van der Waals surface area (Å²) in [6, 6.07) is 10.0. The van der Waals surface area contributed by atoms with Crippen molar-refractivity contribution in [1.29, 1.82) is 0 Å². The van der Waals surface area contributed by atoms with Crippen LogP contribution >= 0.6 is 11.8 Å². The maximum absolute atomic E-state index is 12.3. The monoisotopic (exact) mass is 265 g/mol. The summed E-state index contributed by atoms with van der Waals surface area (Å²) in [7, 11) is 0. The van der Waals surface area contributed by atoms with Gasteiger partial charge in [-0.1, -0.05) is 30.3 Å². The van der Waals surface area contributed by atoms with Gasteiger partial charge in [0.2, 0.25) is 0 Å². The van der Waals surface area contributed by atoms with Gasteiger partial charge in [-0.25, -0.2) is 0 Å². The molecule has 1 heterocycles. The maximum atomic E-state index is 12.3. The van der Waals surface area contributed by atoms with E-state index < -0.39 is 4.87 Å². The number of rotatable bonds is 4. The predicted octanol–water partition coefficient (Wildman–Crippen LogP) is 2.12. The molecule has 98 valence electrons. The van der Waals surface area contributed by atoms with Gasteiger partial charge < -0.3 is 4.74 Å². The van der Waals surface area contributed by atoms with E-state index in [0.29, 0.717) is 13.2 Å². The molecule has 0 N–H and O–H groups in total. The van der Waals surface area contributed by atoms with Crippen molar-refractivity contribution in [3.8, 4) is 0 Å². The lowest BCUT2D eigenvalue weighted by Crippen LogP contribution is -2.53. The number of morpholine rings is 1. The zero-order valence-corrected chi connectivity index (χ0v) is 11.7. The van der Waals surface area contributed by atoms with E-state index in [9.17, 15) is 4.79 Å². The van der Waals surface area contributed by atoms with Gasteiger partial charge in [-0.3, -0.25) is 9.69 Å². The highest BCUT2D eigenvalue weighted by Crippen LogP contribution is 2.39. The number of hydrogen-bond donors (Lipinski definition) is 0. The lowest BCUT2D eigenvalue weighted by atomic mass is 10.0. The molecule has 2 rings (SSSR count). The molecule has 0 spiro atoms. The topological polar surface area (TPSA) is 29.5 Å². The van der Waals surface area contributed by atoms with Crippen LogP contribution in [0.25, 0.3) is 0 Å². The number of hydrogen-bond acceptors (Lipinski definition) is 4. The van der Waals surface area contributed by atoms with Crippen LogP contribution in [-0.2, 0) is 14.4 Å². The molecule has 1 aromatic carbocycles. The molecule has 1 unspecified atom stereocenters. The van der Waals surface area contributed by atoms with Crippen molar-refractivity contribution in [3.05, 3.63) is 35.9 Å². The first-order valence-corrected chi connectivity index (χ1v) is 7.39. The molecule has 3 nitrogen and oxygen atoms in total. The average Bonchev–Trinajstić information content (AvgIpc) is 2.42. The Bertz CT molecular complexity index is 404. The van der Waals surface area contributed by atoms with E-state index in [0.717, 1.165) is 18.7 Å². The Hall–Kier alpha value is -0.840. The molecule has 1 aliphatic rings. The first-order chi connectivity index (χ1) is 8.71. The highest BCUT2D eigenvalue weighted by Gasteiger charge is 2.42. The minimum absolute atomic E-state index is 0.183. The number of benzene rings is 1. The lowest BCUT2D eigenvalue weighted by Gasteiger charge is -2.43. The van der Waals surface area contributed by atoms with Crippen LogP contribution in [0.4, 0.5) is 0 Å². The number of ketones is 1. The maximum Gasteiger partial charge on any atom is 0.164 e. The predicted molar refractivity (Wildman–Crippen MR) is 74.7 cm³/mol. The van der Waals surface area contributed by atoms with Crippen molar-refractivity contribution in [1.82, 2.24) is 4.90 Å². The van der Waals surface area contributed by atoms with E-state index >= 15 is 0 Å². The number of carbonyl (C=O) groups excluding carboxylic acids is 1. The van der Waals surface area contributed by atoms with Crippen LogP contribution in [0.3, 0.4) is 0 Å². The number of nitrogens with zero attached hydrogens (tertiary/aromatic N) is 1. The van der Waals surface area contributed by atoms with Crippen LogP contribution < -0.4 is 0 Å².